The van der Waals surface area contributed by atoms with Gasteiger partial charge in [0.1, 0.15) is 5.75 Å². The maximum absolute atomic E-state index is 6.10. The molecule has 0 bridgehead atoms. The van der Waals surface area contributed by atoms with E-state index in [1.165, 1.54) is 0 Å². The van der Waals surface area contributed by atoms with Crippen molar-refractivity contribution in [2.24, 2.45) is 12.0 Å². The van der Waals surface area contributed by atoms with Crippen molar-refractivity contribution in [1.29, 1.82) is 0 Å². The van der Waals surface area contributed by atoms with Crippen molar-refractivity contribution in [3.63, 3.8) is 0 Å². The SMILES string of the molecule is CCNC(=NCc1c(C)nn(C)c1C)NCCCOc1ccc(Cl)cc1Cl.I. The Hall–Kier alpha value is -1.19. The second-order valence-corrected chi connectivity index (χ2v) is 7.02. The number of aromatic nitrogens is 2. The third-order valence-corrected chi connectivity index (χ3v) is 4.69. The number of nitrogens with one attached hydrogen (secondary N) is 2. The minimum Gasteiger partial charge on any atom is -0.492 e. The molecule has 0 aliphatic heterocycles. The number of nitrogens with zero attached hydrogens (tertiary/aromatic N) is 3. The van der Waals surface area contributed by atoms with Crippen LogP contribution in [-0.4, -0.2) is 35.4 Å². The number of hydrogen-bond donors (Lipinski definition) is 2. The average molecular weight is 540 g/mol. The van der Waals surface area contributed by atoms with E-state index in [1.54, 1.807) is 18.2 Å². The van der Waals surface area contributed by atoms with Gasteiger partial charge < -0.3 is 15.4 Å². The maximum Gasteiger partial charge on any atom is 0.191 e. The van der Waals surface area contributed by atoms with Gasteiger partial charge in [-0.2, -0.15) is 5.10 Å². The largest absolute Gasteiger partial charge is 0.492 e. The molecule has 0 atom stereocenters. The van der Waals surface area contributed by atoms with Crippen LogP contribution in [0, 0.1) is 13.8 Å². The maximum atomic E-state index is 6.10. The van der Waals surface area contributed by atoms with Crippen LogP contribution < -0.4 is 15.4 Å². The van der Waals surface area contributed by atoms with Gasteiger partial charge in [0.05, 0.1) is 23.9 Å². The van der Waals surface area contributed by atoms with Crippen molar-refractivity contribution in [2.45, 2.75) is 33.7 Å². The van der Waals surface area contributed by atoms with Crippen LogP contribution in [0.3, 0.4) is 0 Å². The summed E-state index contributed by atoms with van der Waals surface area (Å²) < 4.78 is 7.58. The zero-order valence-electron chi connectivity index (χ0n) is 16.7. The van der Waals surface area contributed by atoms with Crippen molar-refractivity contribution < 1.29 is 4.74 Å². The lowest BCUT2D eigenvalue weighted by Gasteiger charge is -2.12. The number of benzene rings is 1. The predicted molar refractivity (Wildman–Crippen MR) is 127 cm³/mol. The highest BCUT2D eigenvalue weighted by molar-refractivity contribution is 14.0. The molecule has 0 saturated heterocycles. The number of halogens is 3. The van der Waals surface area contributed by atoms with Crippen LogP contribution in [0.15, 0.2) is 23.2 Å². The van der Waals surface area contributed by atoms with Crippen LogP contribution in [0.1, 0.15) is 30.3 Å². The summed E-state index contributed by atoms with van der Waals surface area (Å²) >= 11 is 12.0. The zero-order valence-corrected chi connectivity index (χ0v) is 20.5. The molecular formula is C19H28Cl2IN5O. The molecule has 9 heteroatoms. The molecule has 0 spiro atoms. The summed E-state index contributed by atoms with van der Waals surface area (Å²) in [7, 11) is 1.95. The molecule has 2 aromatic rings. The molecule has 0 radical (unpaired) electrons. The molecule has 0 amide bonds. The molecule has 1 aromatic carbocycles. The van der Waals surface area contributed by atoms with Gasteiger partial charge in [-0.25, -0.2) is 4.99 Å². The quantitative estimate of drug-likeness (QED) is 0.224. The Labute approximate surface area is 194 Å². The monoisotopic (exact) mass is 539 g/mol. The van der Waals surface area contributed by atoms with E-state index in [2.05, 4.69) is 27.6 Å². The summed E-state index contributed by atoms with van der Waals surface area (Å²) in [5.74, 6) is 1.42. The van der Waals surface area contributed by atoms with Crippen molar-refractivity contribution >= 4 is 53.1 Å². The molecule has 2 N–H and O–H groups in total. The molecule has 0 fully saturated rings. The molecule has 0 aliphatic carbocycles. The minimum absolute atomic E-state index is 0. The molecule has 0 aliphatic rings. The van der Waals surface area contributed by atoms with Gasteiger partial charge in [0.25, 0.3) is 0 Å². The highest BCUT2D eigenvalue weighted by Crippen LogP contribution is 2.27. The van der Waals surface area contributed by atoms with Gasteiger partial charge in [-0.1, -0.05) is 23.2 Å². The summed E-state index contributed by atoms with van der Waals surface area (Å²) in [5, 5.41) is 12.1. The molecule has 156 valence electrons. The average Bonchev–Trinajstić information content (AvgIpc) is 2.86. The van der Waals surface area contributed by atoms with E-state index in [0.29, 0.717) is 28.9 Å². The summed E-state index contributed by atoms with van der Waals surface area (Å²) in [5.41, 5.74) is 3.32. The molecule has 1 aromatic heterocycles. The van der Waals surface area contributed by atoms with E-state index in [4.69, 9.17) is 27.9 Å². The van der Waals surface area contributed by atoms with Crippen molar-refractivity contribution in [2.75, 3.05) is 19.7 Å². The topological polar surface area (TPSA) is 63.5 Å². The number of guanidine groups is 1. The summed E-state index contributed by atoms with van der Waals surface area (Å²) in [6.45, 7) is 8.80. The van der Waals surface area contributed by atoms with Gasteiger partial charge in [0.15, 0.2) is 5.96 Å². The third-order valence-electron chi connectivity index (χ3n) is 4.16. The fourth-order valence-electron chi connectivity index (χ4n) is 2.60. The molecule has 0 saturated carbocycles. The van der Waals surface area contributed by atoms with Crippen LogP contribution in [0.5, 0.6) is 5.75 Å². The summed E-state index contributed by atoms with van der Waals surface area (Å²) in [6, 6.07) is 5.22. The fraction of sp³-hybridized carbons (Fsp3) is 0.474. The van der Waals surface area contributed by atoms with E-state index in [0.717, 1.165) is 42.4 Å². The van der Waals surface area contributed by atoms with E-state index < -0.39 is 0 Å². The number of ether oxygens (including phenoxy) is 1. The smallest absolute Gasteiger partial charge is 0.191 e. The van der Waals surface area contributed by atoms with Gasteiger partial charge in [-0.3, -0.25) is 4.68 Å². The molecule has 0 unspecified atom stereocenters. The lowest BCUT2D eigenvalue weighted by molar-refractivity contribution is 0.311. The summed E-state index contributed by atoms with van der Waals surface area (Å²) in [6.07, 6.45) is 0.814. The highest BCUT2D eigenvalue weighted by atomic mass is 127. The van der Waals surface area contributed by atoms with Crippen LogP contribution in [0.2, 0.25) is 10.0 Å². The third kappa shape index (κ3) is 7.33. The Bertz CT molecular complexity index is 795. The Kier molecular flexibility index (Phi) is 11.0. The predicted octanol–water partition coefficient (Wildman–Crippen LogP) is 4.49. The van der Waals surface area contributed by atoms with Crippen LogP contribution >= 0.6 is 47.2 Å². The van der Waals surface area contributed by atoms with E-state index in [-0.39, 0.29) is 24.0 Å². The van der Waals surface area contributed by atoms with Crippen molar-refractivity contribution in [3.8, 4) is 5.75 Å². The van der Waals surface area contributed by atoms with E-state index in [1.807, 2.05) is 25.6 Å². The Morgan fingerprint density at radius 3 is 2.61 bits per heavy atom. The standard InChI is InChI=1S/C19H27Cl2N5O.HI/c1-5-22-19(24-12-16-13(2)25-26(4)14(16)3)23-9-6-10-27-18-8-7-15(20)11-17(18)21;/h7-8,11H,5-6,9-10,12H2,1-4H3,(H2,22,23,24);1H. The Balaban J connectivity index is 0.00000392. The highest BCUT2D eigenvalue weighted by Gasteiger charge is 2.09. The second kappa shape index (κ2) is 12.4. The number of rotatable bonds is 8. The number of hydrogen-bond acceptors (Lipinski definition) is 3. The first-order valence-electron chi connectivity index (χ1n) is 9.01. The van der Waals surface area contributed by atoms with Gasteiger partial charge in [0.2, 0.25) is 0 Å². The lowest BCUT2D eigenvalue weighted by atomic mass is 10.2. The second-order valence-electron chi connectivity index (χ2n) is 6.17. The lowest BCUT2D eigenvalue weighted by Crippen LogP contribution is -2.38. The fourth-order valence-corrected chi connectivity index (χ4v) is 3.06. The van der Waals surface area contributed by atoms with Crippen molar-refractivity contribution in [3.05, 3.63) is 45.2 Å². The Morgan fingerprint density at radius 2 is 2.00 bits per heavy atom. The van der Waals surface area contributed by atoms with Gasteiger partial charge in [0, 0.05) is 36.4 Å². The van der Waals surface area contributed by atoms with E-state index in [9.17, 15) is 0 Å². The Morgan fingerprint density at radius 1 is 1.25 bits per heavy atom. The normalized spacial score (nSPS) is 11.1. The van der Waals surface area contributed by atoms with E-state index >= 15 is 0 Å². The van der Waals surface area contributed by atoms with Gasteiger partial charge >= 0.3 is 0 Å². The molecule has 1 heterocycles. The van der Waals surface area contributed by atoms with Crippen molar-refractivity contribution in [1.82, 2.24) is 20.4 Å². The molecule has 6 nitrogen and oxygen atoms in total. The molecule has 28 heavy (non-hydrogen) atoms. The summed E-state index contributed by atoms with van der Waals surface area (Å²) in [4.78, 5) is 4.66. The minimum atomic E-state index is 0. The molecular weight excluding hydrogens is 512 g/mol. The first-order chi connectivity index (χ1) is 12.9. The van der Waals surface area contributed by atoms with Crippen LogP contribution in [0.25, 0.3) is 0 Å². The zero-order chi connectivity index (χ0) is 19.8. The number of aryl methyl sites for hydroxylation is 2. The molecule has 2 rings (SSSR count). The van der Waals surface area contributed by atoms with Crippen LogP contribution in [-0.2, 0) is 13.6 Å². The first kappa shape index (κ1) is 24.8. The number of aliphatic imine (C=N–C) groups is 1. The van der Waals surface area contributed by atoms with Gasteiger partial charge in [-0.05, 0) is 45.4 Å². The first-order valence-corrected chi connectivity index (χ1v) is 9.77. The van der Waals surface area contributed by atoms with Gasteiger partial charge in [-0.15, -0.1) is 24.0 Å². The van der Waals surface area contributed by atoms with Crippen LogP contribution in [0.4, 0.5) is 0 Å².